The second-order valence-electron chi connectivity index (χ2n) is 11.4. The number of nitrogens with zero attached hydrogens (tertiary/aromatic N) is 2. The van der Waals surface area contributed by atoms with E-state index in [-0.39, 0.29) is 0 Å². The number of aromatic nitrogens is 1. The van der Waals surface area contributed by atoms with Gasteiger partial charge in [0.25, 0.3) is 0 Å². The van der Waals surface area contributed by atoms with Crippen LogP contribution < -0.4 is 4.90 Å². The number of fused-ring (bicyclic) bond motifs is 6. The smallest absolute Gasteiger partial charge is 0.0548 e. The highest BCUT2D eigenvalue weighted by Crippen LogP contribution is 2.48. The van der Waals surface area contributed by atoms with Gasteiger partial charge < -0.3 is 9.47 Å². The minimum Gasteiger partial charge on any atom is -0.310 e. The number of thiophene rings is 1. The van der Waals surface area contributed by atoms with Crippen LogP contribution in [-0.4, -0.2) is 4.57 Å². The van der Waals surface area contributed by atoms with Crippen molar-refractivity contribution in [1.29, 1.82) is 0 Å². The van der Waals surface area contributed by atoms with Crippen LogP contribution in [0.3, 0.4) is 0 Å². The number of hydrogen-bond acceptors (Lipinski definition) is 2. The van der Waals surface area contributed by atoms with Crippen LogP contribution in [0.25, 0.3) is 58.8 Å². The summed E-state index contributed by atoms with van der Waals surface area (Å²) in [6.45, 7) is 0. The molecular weight excluding hydrogens is 565 g/mol. The average molecular weight is 593 g/mol. The molecule has 0 radical (unpaired) electrons. The third-order valence-electron chi connectivity index (χ3n) is 8.77. The van der Waals surface area contributed by atoms with E-state index in [0.717, 1.165) is 22.7 Å². The van der Waals surface area contributed by atoms with Crippen molar-refractivity contribution in [1.82, 2.24) is 4.57 Å². The van der Waals surface area contributed by atoms with Crippen LogP contribution in [-0.2, 0) is 0 Å². The van der Waals surface area contributed by atoms with Crippen molar-refractivity contribution in [3.63, 3.8) is 0 Å². The lowest BCUT2D eigenvalue weighted by Gasteiger charge is -2.28. The van der Waals surface area contributed by atoms with Crippen molar-refractivity contribution in [3.05, 3.63) is 170 Å². The summed E-state index contributed by atoms with van der Waals surface area (Å²) in [7, 11) is 0. The summed E-state index contributed by atoms with van der Waals surface area (Å²) >= 11 is 1.88. The first kappa shape index (κ1) is 25.8. The molecule has 0 saturated carbocycles. The number of benzene rings is 7. The average Bonchev–Trinajstić information content (AvgIpc) is 3.65. The SMILES string of the molecule is c1ccc(N(c2ccccc2)c2cc3c4ccccc4n(-c4ccccc4)c3cc2-c2cccc3c2sc2ccccc23)cc1. The summed E-state index contributed by atoms with van der Waals surface area (Å²) in [4.78, 5) is 2.41. The molecular formula is C42H28N2S. The number of para-hydroxylation sites is 4. The number of anilines is 3. The standard InChI is InChI=1S/C42H28N2S/c1-4-15-29(16-5-1)43(30-17-6-2-7-18-30)39-27-36-32-21-10-12-25-38(32)44(31-19-8-3-9-20-31)40(36)28-37(39)35-24-14-23-34-33-22-11-13-26-41(33)45-42(34)35/h1-28H. The first-order chi connectivity index (χ1) is 22.3. The molecule has 0 fully saturated rings. The highest BCUT2D eigenvalue weighted by molar-refractivity contribution is 7.26. The van der Waals surface area contributed by atoms with Gasteiger partial charge in [-0.05, 0) is 60.7 Å². The zero-order chi connectivity index (χ0) is 29.7. The van der Waals surface area contributed by atoms with Crippen molar-refractivity contribution in [2.75, 3.05) is 4.90 Å². The molecule has 0 aliphatic heterocycles. The minimum atomic E-state index is 1.12. The van der Waals surface area contributed by atoms with Gasteiger partial charge >= 0.3 is 0 Å². The zero-order valence-corrected chi connectivity index (χ0v) is 25.3. The summed E-state index contributed by atoms with van der Waals surface area (Å²) in [5.41, 5.74) is 9.40. The van der Waals surface area contributed by atoms with Gasteiger partial charge in [0.05, 0.1) is 16.7 Å². The molecule has 0 N–H and O–H groups in total. The molecule has 9 aromatic rings. The molecule has 2 nitrogen and oxygen atoms in total. The predicted molar refractivity (Wildman–Crippen MR) is 194 cm³/mol. The van der Waals surface area contributed by atoms with Crippen LogP contribution in [0, 0.1) is 0 Å². The molecule has 0 saturated heterocycles. The van der Waals surface area contributed by atoms with E-state index in [2.05, 4.69) is 179 Å². The maximum absolute atomic E-state index is 2.43. The van der Waals surface area contributed by atoms with E-state index in [1.165, 1.54) is 53.1 Å². The van der Waals surface area contributed by atoms with Crippen LogP contribution in [0.5, 0.6) is 0 Å². The fourth-order valence-corrected chi connectivity index (χ4v) is 8.03. The fraction of sp³-hybridized carbons (Fsp3) is 0. The van der Waals surface area contributed by atoms with Crippen molar-refractivity contribution in [3.8, 4) is 16.8 Å². The number of hydrogen-bond donors (Lipinski definition) is 0. The van der Waals surface area contributed by atoms with Gasteiger partial charge in [-0.15, -0.1) is 11.3 Å². The maximum Gasteiger partial charge on any atom is 0.0548 e. The quantitative estimate of drug-likeness (QED) is 0.193. The Morgan fingerprint density at radius 1 is 0.422 bits per heavy atom. The second-order valence-corrected chi connectivity index (χ2v) is 12.4. The molecule has 0 aliphatic rings. The topological polar surface area (TPSA) is 8.17 Å². The molecule has 3 heteroatoms. The first-order valence-electron chi connectivity index (χ1n) is 15.3. The van der Waals surface area contributed by atoms with Crippen molar-refractivity contribution in [2.45, 2.75) is 0 Å². The first-order valence-corrected chi connectivity index (χ1v) is 16.1. The lowest BCUT2D eigenvalue weighted by Crippen LogP contribution is -2.11. The Hall–Kier alpha value is -5.64. The highest BCUT2D eigenvalue weighted by atomic mass is 32.1. The molecule has 9 rings (SSSR count). The Balaban J connectivity index is 1.45. The summed E-state index contributed by atoms with van der Waals surface area (Å²) in [6, 6.07) is 61.4. The molecule has 0 amide bonds. The van der Waals surface area contributed by atoms with Gasteiger partial charge in [0.15, 0.2) is 0 Å². The van der Waals surface area contributed by atoms with Gasteiger partial charge in [-0.1, -0.05) is 109 Å². The molecule has 7 aromatic carbocycles. The minimum absolute atomic E-state index is 1.12. The monoisotopic (exact) mass is 592 g/mol. The summed E-state index contributed by atoms with van der Waals surface area (Å²) in [5, 5.41) is 5.08. The van der Waals surface area contributed by atoms with E-state index in [4.69, 9.17) is 0 Å². The van der Waals surface area contributed by atoms with E-state index in [1.807, 2.05) is 11.3 Å². The van der Waals surface area contributed by atoms with E-state index >= 15 is 0 Å². The molecule has 0 atom stereocenters. The maximum atomic E-state index is 2.43. The van der Waals surface area contributed by atoms with Crippen molar-refractivity contribution >= 4 is 70.4 Å². The van der Waals surface area contributed by atoms with E-state index in [9.17, 15) is 0 Å². The zero-order valence-electron chi connectivity index (χ0n) is 24.5. The molecule has 2 aromatic heterocycles. The van der Waals surface area contributed by atoms with E-state index in [1.54, 1.807) is 0 Å². The third-order valence-corrected chi connectivity index (χ3v) is 9.99. The molecule has 212 valence electrons. The largest absolute Gasteiger partial charge is 0.310 e. The Morgan fingerprint density at radius 3 is 1.76 bits per heavy atom. The highest BCUT2D eigenvalue weighted by Gasteiger charge is 2.23. The van der Waals surface area contributed by atoms with Crippen LogP contribution >= 0.6 is 11.3 Å². The normalized spacial score (nSPS) is 11.6. The van der Waals surface area contributed by atoms with Crippen molar-refractivity contribution < 1.29 is 0 Å². The fourth-order valence-electron chi connectivity index (χ4n) is 6.80. The van der Waals surface area contributed by atoms with Crippen LogP contribution in [0.4, 0.5) is 17.1 Å². The van der Waals surface area contributed by atoms with Gasteiger partial charge in [-0.2, -0.15) is 0 Å². The molecule has 0 bridgehead atoms. The molecule has 0 aliphatic carbocycles. The molecule has 0 spiro atoms. The second kappa shape index (κ2) is 10.5. The summed E-state index contributed by atoms with van der Waals surface area (Å²) in [5.74, 6) is 0. The van der Waals surface area contributed by atoms with Crippen molar-refractivity contribution in [2.24, 2.45) is 0 Å². The molecule has 2 heterocycles. The van der Waals surface area contributed by atoms with E-state index in [0.29, 0.717) is 0 Å². The van der Waals surface area contributed by atoms with Gasteiger partial charge in [0, 0.05) is 59.1 Å². The molecule has 45 heavy (non-hydrogen) atoms. The summed E-state index contributed by atoms with van der Waals surface area (Å²) < 4.78 is 5.03. The summed E-state index contributed by atoms with van der Waals surface area (Å²) in [6.07, 6.45) is 0. The van der Waals surface area contributed by atoms with Gasteiger partial charge in [0.2, 0.25) is 0 Å². The Kier molecular flexibility index (Phi) is 6.03. The van der Waals surface area contributed by atoms with Gasteiger partial charge in [-0.25, -0.2) is 0 Å². The van der Waals surface area contributed by atoms with Crippen LogP contribution in [0.1, 0.15) is 0 Å². The predicted octanol–water partition coefficient (Wildman–Crippen LogP) is 12.3. The van der Waals surface area contributed by atoms with Gasteiger partial charge in [-0.3, -0.25) is 0 Å². The Morgan fingerprint density at radius 2 is 1.02 bits per heavy atom. The third kappa shape index (κ3) is 4.16. The van der Waals surface area contributed by atoms with E-state index < -0.39 is 0 Å². The van der Waals surface area contributed by atoms with Gasteiger partial charge in [0.1, 0.15) is 0 Å². The lowest BCUT2D eigenvalue weighted by atomic mass is 9.97. The van der Waals surface area contributed by atoms with Crippen LogP contribution in [0.15, 0.2) is 170 Å². The lowest BCUT2D eigenvalue weighted by molar-refractivity contribution is 1.18. The molecule has 0 unspecified atom stereocenters. The van der Waals surface area contributed by atoms with Crippen LogP contribution in [0.2, 0.25) is 0 Å². The Bertz CT molecular complexity index is 2440. The Labute approximate surface area is 265 Å². The number of rotatable bonds is 5.